The van der Waals surface area contributed by atoms with Crippen LogP contribution in [0.3, 0.4) is 0 Å². The fourth-order valence-electron chi connectivity index (χ4n) is 2.96. The van der Waals surface area contributed by atoms with Crippen LogP contribution in [0, 0.1) is 28.4 Å². The number of para-hydroxylation sites is 3. The van der Waals surface area contributed by atoms with E-state index in [1.54, 1.807) is 23.7 Å². The number of carbonyl (C=O) groups is 1. The second-order valence-corrected chi connectivity index (χ2v) is 6.22. The molecule has 1 heterocycles. The topological polar surface area (TPSA) is 131 Å². The highest BCUT2D eigenvalue weighted by Crippen LogP contribution is 2.25. The van der Waals surface area contributed by atoms with Gasteiger partial charge in [-0.1, -0.05) is 24.3 Å². The Labute approximate surface area is 165 Å². The van der Waals surface area contributed by atoms with Gasteiger partial charge in [0.25, 0.3) is 5.69 Å². The Morgan fingerprint density at radius 3 is 2.69 bits per heavy atom. The normalized spacial score (nSPS) is 11.6. The lowest BCUT2D eigenvalue weighted by Crippen LogP contribution is -2.12. The summed E-state index contributed by atoms with van der Waals surface area (Å²) in [5, 5.41) is 31.1. The molecule has 2 aromatic carbocycles. The molecule has 0 saturated heterocycles. The molecule has 9 nitrogen and oxygen atoms in total. The van der Waals surface area contributed by atoms with Gasteiger partial charge in [-0.25, -0.2) is 9.78 Å². The van der Waals surface area contributed by atoms with Crippen molar-refractivity contribution >= 4 is 28.3 Å². The SMILES string of the molecule is Cc1cccc(C(=O)OC/C(O)=C(\C#N)c2nc3ccccc3n2C)c1[N+](=O)[O-]. The van der Waals surface area contributed by atoms with E-state index in [2.05, 4.69) is 4.98 Å². The van der Waals surface area contributed by atoms with Gasteiger partial charge in [0.05, 0.1) is 16.0 Å². The molecule has 0 atom stereocenters. The number of allylic oxidation sites excluding steroid dienone is 1. The van der Waals surface area contributed by atoms with Gasteiger partial charge in [-0.15, -0.1) is 0 Å². The van der Waals surface area contributed by atoms with E-state index in [9.17, 15) is 25.3 Å². The van der Waals surface area contributed by atoms with E-state index in [1.807, 2.05) is 18.2 Å². The van der Waals surface area contributed by atoms with Gasteiger partial charge in [0.1, 0.15) is 23.8 Å². The fraction of sp³-hybridized carbons (Fsp3) is 0.150. The number of aliphatic hydroxyl groups is 1. The van der Waals surface area contributed by atoms with Crippen LogP contribution < -0.4 is 0 Å². The number of hydrogen-bond acceptors (Lipinski definition) is 7. The van der Waals surface area contributed by atoms with Gasteiger partial charge in [-0.2, -0.15) is 5.26 Å². The van der Waals surface area contributed by atoms with Gasteiger partial charge >= 0.3 is 5.97 Å². The molecule has 0 fully saturated rings. The predicted octanol–water partition coefficient (Wildman–Crippen LogP) is 3.44. The highest BCUT2D eigenvalue weighted by Gasteiger charge is 2.24. The number of ether oxygens (including phenoxy) is 1. The first kappa shape index (κ1) is 19.6. The number of fused-ring (bicyclic) bond motifs is 1. The average molecular weight is 392 g/mol. The molecule has 0 unspecified atom stereocenters. The lowest BCUT2D eigenvalue weighted by molar-refractivity contribution is -0.385. The Bertz CT molecular complexity index is 1200. The molecule has 9 heteroatoms. The Morgan fingerprint density at radius 1 is 1.31 bits per heavy atom. The lowest BCUT2D eigenvalue weighted by Gasteiger charge is -2.08. The van der Waals surface area contributed by atoms with Crippen molar-refractivity contribution in [1.29, 1.82) is 5.26 Å². The van der Waals surface area contributed by atoms with Crippen molar-refractivity contribution in [1.82, 2.24) is 9.55 Å². The number of aromatic nitrogens is 2. The molecular weight excluding hydrogens is 376 g/mol. The number of nitrogens with zero attached hydrogens (tertiary/aromatic N) is 4. The van der Waals surface area contributed by atoms with Gasteiger partial charge in [-0.05, 0) is 25.1 Å². The summed E-state index contributed by atoms with van der Waals surface area (Å²) in [6.45, 7) is 0.877. The number of nitro benzene ring substituents is 1. The van der Waals surface area contributed by atoms with E-state index in [-0.39, 0.29) is 22.6 Å². The van der Waals surface area contributed by atoms with Crippen LogP contribution in [0.4, 0.5) is 5.69 Å². The molecule has 3 rings (SSSR count). The molecular formula is C20H16N4O5. The molecule has 29 heavy (non-hydrogen) atoms. The summed E-state index contributed by atoms with van der Waals surface area (Å²) in [6.07, 6.45) is 0. The predicted molar refractivity (Wildman–Crippen MR) is 104 cm³/mol. The fourth-order valence-corrected chi connectivity index (χ4v) is 2.96. The number of aliphatic hydroxyl groups excluding tert-OH is 1. The Morgan fingerprint density at radius 2 is 2.03 bits per heavy atom. The average Bonchev–Trinajstić information content (AvgIpc) is 3.03. The van der Waals surface area contributed by atoms with E-state index in [0.29, 0.717) is 11.1 Å². The summed E-state index contributed by atoms with van der Waals surface area (Å²) in [5.41, 5.74) is 0.950. The third kappa shape index (κ3) is 3.64. The van der Waals surface area contributed by atoms with Crippen LogP contribution in [0.1, 0.15) is 21.7 Å². The number of carbonyl (C=O) groups excluding carboxylic acids is 1. The highest BCUT2D eigenvalue weighted by atomic mass is 16.6. The number of benzene rings is 2. The van der Waals surface area contributed by atoms with Crippen molar-refractivity contribution in [3.8, 4) is 6.07 Å². The van der Waals surface area contributed by atoms with Crippen LogP contribution in [0.2, 0.25) is 0 Å². The molecule has 0 aliphatic carbocycles. The Balaban J connectivity index is 1.89. The number of hydrogen-bond donors (Lipinski definition) is 1. The first-order valence-electron chi connectivity index (χ1n) is 8.50. The number of rotatable bonds is 5. The maximum atomic E-state index is 12.3. The standard InChI is InChI=1S/C20H16N4O5/c1-12-6-5-7-13(18(12)24(27)28)20(26)29-11-17(25)14(10-21)19-22-15-8-3-4-9-16(15)23(19)2/h3-9,25H,11H2,1-2H3/b17-14-. The third-order valence-electron chi connectivity index (χ3n) is 4.39. The minimum absolute atomic E-state index is 0.157. The van der Waals surface area contributed by atoms with Crippen molar-refractivity contribution in [2.45, 2.75) is 6.92 Å². The summed E-state index contributed by atoms with van der Waals surface area (Å²) in [7, 11) is 1.69. The molecule has 0 radical (unpaired) electrons. The van der Waals surface area contributed by atoms with Crippen LogP contribution in [0.15, 0.2) is 48.2 Å². The van der Waals surface area contributed by atoms with Gasteiger partial charge in [0.15, 0.2) is 11.6 Å². The third-order valence-corrected chi connectivity index (χ3v) is 4.39. The highest BCUT2D eigenvalue weighted by molar-refractivity contribution is 5.94. The van der Waals surface area contributed by atoms with Crippen LogP contribution in [-0.2, 0) is 11.8 Å². The molecule has 0 spiro atoms. The van der Waals surface area contributed by atoms with E-state index in [1.165, 1.54) is 25.1 Å². The molecule has 146 valence electrons. The van der Waals surface area contributed by atoms with Crippen LogP contribution in [0.25, 0.3) is 16.6 Å². The van der Waals surface area contributed by atoms with Crippen molar-refractivity contribution < 1.29 is 19.6 Å². The van der Waals surface area contributed by atoms with E-state index in [4.69, 9.17) is 4.74 Å². The maximum absolute atomic E-state index is 12.3. The quantitative estimate of drug-likeness (QED) is 0.231. The zero-order chi connectivity index (χ0) is 21.1. The first-order valence-corrected chi connectivity index (χ1v) is 8.50. The van der Waals surface area contributed by atoms with Crippen LogP contribution in [-0.4, -0.2) is 32.2 Å². The monoisotopic (exact) mass is 392 g/mol. The first-order chi connectivity index (χ1) is 13.8. The van der Waals surface area contributed by atoms with Crippen molar-refractivity contribution in [3.05, 3.63) is 75.3 Å². The summed E-state index contributed by atoms with van der Waals surface area (Å²) in [4.78, 5) is 27.2. The minimum atomic E-state index is -0.978. The Kier molecular flexibility index (Phi) is 5.27. The molecule has 3 aromatic rings. The van der Waals surface area contributed by atoms with E-state index < -0.39 is 23.3 Å². The maximum Gasteiger partial charge on any atom is 0.345 e. The second kappa shape index (κ2) is 7.82. The minimum Gasteiger partial charge on any atom is -0.507 e. The van der Waals surface area contributed by atoms with Crippen molar-refractivity contribution in [2.75, 3.05) is 6.61 Å². The molecule has 1 N–H and O–H groups in total. The Hall–Kier alpha value is -4.19. The summed E-state index contributed by atoms with van der Waals surface area (Å²) >= 11 is 0. The number of nitriles is 1. The molecule has 0 amide bonds. The molecule has 0 aliphatic heterocycles. The summed E-state index contributed by atoms with van der Waals surface area (Å²) in [6, 6.07) is 13.3. The number of imidazole rings is 1. The molecule has 0 saturated carbocycles. The largest absolute Gasteiger partial charge is 0.507 e. The smallest absolute Gasteiger partial charge is 0.345 e. The number of nitro groups is 1. The molecule has 0 aliphatic rings. The number of esters is 1. The van der Waals surface area contributed by atoms with Crippen LogP contribution in [0.5, 0.6) is 0 Å². The van der Waals surface area contributed by atoms with E-state index >= 15 is 0 Å². The van der Waals surface area contributed by atoms with Gasteiger partial charge in [0, 0.05) is 12.6 Å². The van der Waals surface area contributed by atoms with Gasteiger partial charge < -0.3 is 14.4 Å². The van der Waals surface area contributed by atoms with Gasteiger partial charge in [0.2, 0.25) is 0 Å². The van der Waals surface area contributed by atoms with Crippen molar-refractivity contribution in [3.63, 3.8) is 0 Å². The summed E-state index contributed by atoms with van der Waals surface area (Å²) < 4.78 is 6.65. The lowest BCUT2D eigenvalue weighted by atomic mass is 10.1. The van der Waals surface area contributed by atoms with Gasteiger partial charge in [-0.3, -0.25) is 10.1 Å². The second-order valence-electron chi connectivity index (χ2n) is 6.22. The zero-order valence-electron chi connectivity index (χ0n) is 15.6. The zero-order valence-corrected chi connectivity index (χ0v) is 15.6. The van der Waals surface area contributed by atoms with Crippen LogP contribution >= 0.6 is 0 Å². The molecule has 0 bridgehead atoms. The molecule has 1 aromatic heterocycles. The summed E-state index contributed by atoms with van der Waals surface area (Å²) in [5.74, 6) is -1.27. The van der Waals surface area contributed by atoms with E-state index in [0.717, 1.165) is 5.52 Å². The number of aryl methyl sites for hydroxylation is 2. The van der Waals surface area contributed by atoms with Crippen molar-refractivity contribution in [2.24, 2.45) is 7.05 Å².